The number of hydrogen-bond donors (Lipinski definition) is 0. The van der Waals surface area contributed by atoms with Crippen LogP contribution < -0.4 is 5.43 Å². The summed E-state index contributed by atoms with van der Waals surface area (Å²) in [5, 5.41) is 1.000. The van der Waals surface area contributed by atoms with Gasteiger partial charge in [0, 0.05) is 18.7 Å². The van der Waals surface area contributed by atoms with E-state index in [1.54, 1.807) is 54.5 Å². The van der Waals surface area contributed by atoms with Gasteiger partial charge in [-0.15, -0.1) is 0 Å². The van der Waals surface area contributed by atoms with E-state index in [1.807, 2.05) is 6.07 Å². The van der Waals surface area contributed by atoms with Gasteiger partial charge < -0.3 is 14.1 Å². The van der Waals surface area contributed by atoms with Crippen LogP contribution in [-0.2, 0) is 4.74 Å². The smallest absolute Gasteiger partial charge is 0.290 e. The number of methoxy groups -OCH3 is 1. The van der Waals surface area contributed by atoms with Gasteiger partial charge in [-0.25, -0.2) is 0 Å². The topological polar surface area (TPSA) is 59.8 Å². The molecule has 5 nitrogen and oxygen atoms in total. The zero-order valence-electron chi connectivity index (χ0n) is 14.1. The van der Waals surface area contributed by atoms with Crippen molar-refractivity contribution in [1.29, 1.82) is 0 Å². The summed E-state index contributed by atoms with van der Waals surface area (Å²) >= 11 is 6.14. The molecule has 3 aromatic rings. The number of ether oxygens (including phenoxy) is 1. The van der Waals surface area contributed by atoms with Gasteiger partial charge in [0.1, 0.15) is 5.58 Å². The molecule has 0 bridgehead atoms. The summed E-state index contributed by atoms with van der Waals surface area (Å²) in [4.78, 5) is 27.7. The van der Waals surface area contributed by atoms with Crippen LogP contribution in [0, 0.1) is 0 Å². The van der Waals surface area contributed by atoms with Crippen LogP contribution in [0.5, 0.6) is 0 Å². The molecule has 2 heterocycles. The van der Waals surface area contributed by atoms with Gasteiger partial charge in [-0.05, 0) is 29.8 Å². The van der Waals surface area contributed by atoms with Gasteiger partial charge in [-0.3, -0.25) is 9.59 Å². The molecule has 132 valence electrons. The molecule has 0 spiro atoms. The fourth-order valence-corrected chi connectivity index (χ4v) is 3.61. The number of halogens is 1. The Morgan fingerprint density at radius 3 is 2.73 bits per heavy atom. The van der Waals surface area contributed by atoms with Crippen LogP contribution in [0.15, 0.2) is 57.7 Å². The maximum atomic E-state index is 13.2. The van der Waals surface area contributed by atoms with Crippen LogP contribution >= 0.6 is 11.6 Å². The first-order valence-electron chi connectivity index (χ1n) is 8.23. The zero-order valence-corrected chi connectivity index (χ0v) is 14.8. The molecular formula is C20H16ClNO4. The molecular weight excluding hydrogens is 354 g/mol. The van der Waals surface area contributed by atoms with E-state index in [1.165, 1.54) is 0 Å². The molecule has 2 aromatic carbocycles. The predicted molar refractivity (Wildman–Crippen MR) is 98.7 cm³/mol. The minimum Gasteiger partial charge on any atom is -0.450 e. The summed E-state index contributed by atoms with van der Waals surface area (Å²) in [7, 11) is 1.57. The first-order chi connectivity index (χ1) is 12.6. The average molecular weight is 370 g/mol. The second kappa shape index (κ2) is 6.59. The number of fused-ring (bicyclic) bond motifs is 2. The first-order valence-corrected chi connectivity index (χ1v) is 8.60. The number of rotatable bonds is 4. The molecule has 26 heavy (non-hydrogen) atoms. The van der Waals surface area contributed by atoms with Crippen molar-refractivity contribution in [2.45, 2.75) is 6.04 Å². The van der Waals surface area contributed by atoms with Crippen LogP contribution in [0.2, 0.25) is 5.02 Å². The van der Waals surface area contributed by atoms with Crippen molar-refractivity contribution in [3.63, 3.8) is 0 Å². The number of carbonyl (C=O) groups is 1. The Balaban J connectivity index is 1.97. The lowest BCUT2D eigenvalue weighted by Gasteiger charge is -2.24. The lowest BCUT2D eigenvalue weighted by molar-refractivity contribution is 0.0663. The SMILES string of the molecule is COCCN1C(=O)c2oc3ccccc3c(=O)c2C1c1cccc(Cl)c1. The third-order valence-corrected chi connectivity index (χ3v) is 4.81. The van der Waals surface area contributed by atoms with Crippen LogP contribution in [0.1, 0.15) is 27.7 Å². The number of amides is 1. The predicted octanol–water partition coefficient (Wildman–Crippen LogP) is 3.64. The highest BCUT2D eigenvalue weighted by Gasteiger charge is 2.42. The van der Waals surface area contributed by atoms with Crippen LogP contribution in [0.4, 0.5) is 0 Å². The van der Waals surface area contributed by atoms with E-state index in [9.17, 15) is 9.59 Å². The van der Waals surface area contributed by atoms with E-state index in [0.29, 0.717) is 34.7 Å². The fourth-order valence-electron chi connectivity index (χ4n) is 3.41. The number of carbonyl (C=O) groups excluding carboxylic acids is 1. The summed E-state index contributed by atoms with van der Waals surface area (Å²) in [6.45, 7) is 0.691. The second-order valence-corrected chi connectivity index (χ2v) is 6.56. The number of benzene rings is 2. The highest BCUT2D eigenvalue weighted by atomic mass is 35.5. The molecule has 0 saturated carbocycles. The van der Waals surface area contributed by atoms with Gasteiger partial charge in [-0.2, -0.15) is 0 Å². The summed E-state index contributed by atoms with van der Waals surface area (Å²) in [6, 6.07) is 13.6. The molecule has 0 fully saturated rings. The van der Waals surface area contributed by atoms with Crippen molar-refractivity contribution in [3.05, 3.63) is 80.7 Å². The van der Waals surface area contributed by atoms with Gasteiger partial charge in [0.15, 0.2) is 5.43 Å². The van der Waals surface area contributed by atoms with E-state index < -0.39 is 6.04 Å². The molecule has 0 N–H and O–H groups in total. The van der Waals surface area contributed by atoms with E-state index >= 15 is 0 Å². The van der Waals surface area contributed by atoms with E-state index in [4.69, 9.17) is 20.8 Å². The molecule has 1 atom stereocenters. The molecule has 1 amide bonds. The third kappa shape index (κ3) is 2.60. The number of nitrogens with zero attached hydrogens (tertiary/aromatic N) is 1. The molecule has 1 aliphatic rings. The van der Waals surface area contributed by atoms with Crippen molar-refractivity contribution >= 4 is 28.5 Å². The highest BCUT2D eigenvalue weighted by molar-refractivity contribution is 6.30. The van der Waals surface area contributed by atoms with Crippen molar-refractivity contribution < 1.29 is 13.9 Å². The lowest BCUT2D eigenvalue weighted by Crippen LogP contribution is -2.32. The van der Waals surface area contributed by atoms with E-state index in [0.717, 1.165) is 5.56 Å². The molecule has 1 aromatic heterocycles. The Bertz CT molecular complexity index is 1060. The van der Waals surface area contributed by atoms with Gasteiger partial charge >= 0.3 is 0 Å². The molecule has 0 aliphatic carbocycles. The molecule has 4 rings (SSSR count). The normalized spacial score (nSPS) is 16.3. The average Bonchev–Trinajstić information content (AvgIpc) is 2.93. The maximum absolute atomic E-state index is 13.2. The molecule has 6 heteroatoms. The monoisotopic (exact) mass is 369 g/mol. The summed E-state index contributed by atoms with van der Waals surface area (Å²) in [5.41, 5.74) is 1.33. The van der Waals surface area contributed by atoms with Gasteiger partial charge in [0.05, 0.1) is 23.6 Å². The Morgan fingerprint density at radius 1 is 1.15 bits per heavy atom. The van der Waals surface area contributed by atoms with Crippen LogP contribution in [-0.4, -0.2) is 31.1 Å². The number of para-hydroxylation sites is 1. The lowest BCUT2D eigenvalue weighted by atomic mass is 9.98. The summed E-state index contributed by atoms with van der Waals surface area (Å²) in [5.74, 6) is -0.223. The minimum absolute atomic E-state index is 0.0924. The molecule has 0 saturated heterocycles. The van der Waals surface area contributed by atoms with Gasteiger partial charge in [0.25, 0.3) is 5.91 Å². The Morgan fingerprint density at radius 2 is 1.96 bits per heavy atom. The van der Waals surface area contributed by atoms with Gasteiger partial charge in [0.2, 0.25) is 5.76 Å². The van der Waals surface area contributed by atoms with Crippen molar-refractivity contribution in [3.8, 4) is 0 Å². The molecule has 0 radical (unpaired) electrons. The zero-order chi connectivity index (χ0) is 18.3. The fraction of sp³-hybridized carbons (Fsp3) is 0.200. The minimum atomic E-state index is -0.549. The summed E-state index contributed by atoms with van der Waals surface area (Å²) < 4.78 is 11.0. The largest absolute Gasteiger partial charge is 0.450 e. The quantitative estimate of drug-likeness (QED) is 0.704. The van der Waals surface area contributed by atoms with Gasteiger partial charge in [-0.1, -0.05) is 35.9 Å². The Hall–Kier alpha value is -2.63. The van der Waals surface area contributed by atoms with E-state index in [2.05, 4.69) is 0 Å². The Labute approximate surface area is 154 Å². The first kappa shape index (κ1) is 16.8. The Kier molecular flexibility index (Phi) is 4.26. The van der Waals surface area contributed by atoms with Crippen molar-refractivity contribution in [1.82, 2.24) is 4.90 Å². The molecule has 1 unspecified atom stereocenters. The van der Waals surface area contributed by atoms with Crippen molar-refractivity contribution in [2.75, 3.05) is 20.3 Å². The van der Waals surface area contributed by atoms with Crippen molar-refractivity contribution in [2.24, 2.45) is 0 Å². The number of hydrogen-bond acceptors (Lipinski definition) is 4. The standard InChI is InChI=1S/C20H16ClNO4/c1-25-10-9-22-17(12-5-4-6-13(21)11-12)16-18(23)14-7-2-3-8-15(14)26-19(16)20(22)24/h2-8,11,17H,9-10H2,1H3. The van der Waals surface area contributed by atoms with E-state index in [-0.39, 0.29) is 17.1 Å². The third-order valence-electron chi connectivity index (χ3n) is 4.57. The molecule has 1 aliphatic heterocycles. The van der Waals surface area contributed by atoms with Crippen LogP contribution in [0.25, 0.3) is 11.0 Å². The highest BCUT2D eigenvalue weighted by Crippen LogP contribution is 2.38. The second-order valence-electron chi connectivity index (χ2n) is 6.12. The maximum Gasteiger partial charge on any atom is 0.290 e. The summed E-state index contributed by atoms with van der Waals surface area (Å²) in [6.07, 6.45) is 0. The van der Waals surface area contributed by atoms with Crippen LogP contribution in [0.3, 0.4) is 0 Å².